The van der Waals surface area contributed by atoms with Gasteiger partial charge >= 0.3 is 6.03 Å². The molecular weight excluding hydrogens is 264 g/mol. The van der Waals surface area contributed by atoms with Crippen LogP contribution in [-0.4, -0.2) is 12.6 Å². The molecule has 3 rings (SSSR count). The Balaban J connectivity index is 1.58. The maximum absolute atomic E-state index is 11.9. The molecule has 4 heteroatoms. The van der Waals surface area contributed by atoms with Crippen molar-refractivity contribution in [1.29, 1.82) is 0 Å². The van der Waals surface area contributed by atoms with Crippen LogP contribution in [0.4, 0.5) is 10.5 Å². The van der Waals surface area contributed by atoms with E-state index in [9.17, 15) is 4.79 Å². The van der Waals surface area contributed by atoms with Crippen LogP contribution in [0.2, 0.25) is 0 Å². The summed E-state index contributed by atoms with van der Waals surface area (Å²) in [5.74, 6) is 0.917. The van der Waals surface area contributed by atoms with Crippen LogP contribution in [0, 0.1) is 6.92 Å². The van der Waals surface area contributed by atoms with E-state index in [1.807, 2.05) is 49.4 Å². The second kappa shape index (κ2) is 5.87. The number of anilines is 1. The van der Waals surface area contributed by atoms with E-state index < -0.39 is 0 Å². The van der Waals surface area contributed by atoms with Gasteiger partial charge in [-0.1, -0.05) is 24.3 Å². The summed E-state index contributed by atoms with van der Waals surface area (Å²) in [5, 5.41) is 5.73. The summed E-state index contributed by atoms with van der Waals surface area (Å²) in [7, 11) is 0. The fraction of sp³-hybridized carbons (Fsp3) is 0.235. The molecule has 0 unspecified atom stereocenters. The van der Waals surface area contributed by atoms with Gasteiger partial charge in [0.15, 0.2) is 0 Å². The summed E-state index contributed by atoms with van der Waals surface area (Å²) in [6, 6.07) is 13.6. The van der Waals surface area contributed by atoms with Crippen LogP contribution >= 0.6 is 0 Å². The van der Waals surface area contributed by atoms with Crippen molar-refractivity contribution in [3.63, 3.8) is 0 Å². The van der Waals surface area contributed by atoms with Crippen LogP contribution in [0.3, 0.4) is 0 Å². The van der Waals surface area contributed by atoms with Crippen LogP contribution in [-0.2, 0) is 13.0 Å². The van der Waals surface area contributed by atoms with Gasteiger partial charge in [0.25, 0.3) is 0 Å². The van der Waals surface area contributed by atoms with E-state index in [4.69, 9.17) is 4.74 Å². The number of fused-ring (bicyclic) bond motifs is 1. The number of ether oxygens (including phenoxy) is 1. The molecule has 0 aromatic heterocycles. The Labute approximate surface area is 124 Å². The van der Waals surface area contributed by atoms with Crippen LogP contribution in [0.1, 0.15) is 16.7 Å². The average molecular weight is 282 g/mol. The molecule has 0 aliphatic carbocycles. The van der Waals surface area contributed by atoms with Gasteiger partial charge in [0.2, 0.25) is 0 Å². The van der Waals surface area contributed by atoms with Gasteiger partial charge in [0.05, 0.1) is 6.61 Å². The number of nitrogens with one attached hydrogen (secondary N) is 2. The van der Waals surface area contributed by atoms with Crippen molar-refractivity contribution in [2.75, 3.05) is 11.9 Å². The van der Waals surface area contributed by atoms with Gasteiger partial charge < -0.3 is 15.4 Å². The molecule has 4 nitrogen and oxygen atoms in total. The number of aryl methyl sites for hydroxylation is 1. The molecule has 0 fully saturated rings. The van der Waals surface area contributed by atoms with Crippen molar-refractivity contribution in [2.24, 2.45) is 0 Å². The topological polar surface area (TPSA) is 50.4 Å². The molecule has 0 saturated carbocycles. The van der Waals surface area contributed by atoms with E-state index in [0.29, 0.717) is 6.54 Å². The molecule has 0 radical (unpaired) electrons. The van der Waals surface area contributed by atoms with Crippen LogP contribution in [0.25, 0.3) is 0 Å². The number of rotatable bonds is 3. The second-order valence-corrected chi connectivity index (χ2v) is 5.16. The molecule has 2 amide bonds. The molecule has 1 aliphatic heterocycles. The molecule has 21 heavy (non-hydrogen) atoms. The molecule has 1 heterocycles. The van der Waals surface area contributed by atoms with Crippen molar-refractivity contribution >= 4 is 11.7 Å². The quantitative estimate of drug-likeness (QED) is 0.908. The van der Waals surface area contributed by atoms with E-state index in [2.05, 4.69) is 10.6 Å². The van der Waals surface area contributed by atoms with Gasteiger partial charge in [-0.05, 0) is 41.8 Å². The molecular formula is C17H18N2O2. The first-order valence-electron chi connectivity index (χ1n) is 7.07. The molecule has 2 aromatic rings. The van der Waals surface area contributed by atoms with E-state index in [1.54, 1.807) is 0 Å². The van der Waals surface area contributed by atoms with Gasteiger partial charge in [0.1, 0.15) is 5.75 Å². The third-order valence-electron chi connectivity index (χ3n) is 3.65. The first-order valence-corrected chi connectivity index (χ1v) is 7.07. The standard InChI is InChI=1S/C17H18N2O2/c1-12-4-2-3-5-14(12)11-18-17(20)19-15-6-7-16-13(10-15)8-9-21-16/h2-7,10H,8-9,11H2,1H3,(H2,18,19,20). The van der Waals surface area contributed by atoms with Crippen molar-refractivity contribution in [3.05, 3.63) is 59.2 Å². The predicted octanol–water partition coefficient (Wildman–Crippen LogP) is 3.25. The fourth-order valence-corrected chi connectivity index (χ4v) is 2.42. The van der Waals surface area contributed by atoms with Gasteiger partial charge in [-0.25, -0.2) is 4.79 Å². The van der Waals surface area contributed by atoms with Crippen LogP contribution < -0.4 is 15.4 Å². The summed E-state index contributed by atoms with van der Waals surface area (Å²) < 4.78 is 5.45. The molecule has 0 atom stereocenters. The van der Waals surface area contributed by atoms with Gasteiger partial charge in [-0.2, -0.15) is 0 Å². The summed E-state index contributed by atoms with van der Waals surface area (Å²) in [6.45, 7) is 3.28. The summed E-state index contributed by atoms with van der Waals surface area (Å²) in [5.41, 5.74) is 4.23. The SMILES string of the molecule is Cc1ccccc1CNC(=O)Nc1ccc2c(c1)CCO2. The number of carbonyl (C=O) groups excluding carboxylic acids is 1. The molecule has 0 bridgehead atoms. The Morgan fingerprint density at radius 2 is 2.10 bits per heavy atom. The Morgan fingerprint density at radius 1 is 1.24 bits per heavy atom. The lowest BCUT2D eigenvalue weighted by Gasteiger charge is -2.10. The van der Waals surface area contributed by atoms with E-state index in [1.165, 1.54) is 5.56 Å². The third kappa shape index (κ3) is 3.16. The normalized spacial score (nSPS) is 12.4. The zero-order valence-electron chi connectivity index (χ0n) is 12.0. The average Bonchev–Trinajstić information content (AvgIpc) is 2.94. The fourth-order valence-electron chi connectivity index (χ4n) is 2.42. The van der Waals surface area contributed by atoms with Gasteiger partial charge in [0, 0.05) is 18.7 Å². The predicted molar refractivity (Wildman–Crippen MR) is 82.7 cm³/mol. The van der Waals surface area contributed by atoms with Crippen molar-refractivity contribution in [2.45, 2.75) is 19.9 Å². The maximum Gasteiger partial charge on any atom is 0.319 e. The van der Waals surface area contributed by atoms with Crippen molar-refractivity contribution in [1.82, 2.24) is 5.32 Å². The third-order valence-corrected chi connectivity index (χ3v) is 3.65. The molecule has 0 spiro atoms. The minimum Gasteiger partial charge on any atom is -0.493 e. The number of carbonyl (C=O) groups is 1. The first kappa shape index (κ1) is 13.5. The molecule has 2 aromatic carbocycles. The zero-order valence-corrected chi connectivity index (χ0v) is 12.0. The Bertz CT molecular complexity index is 668. The van der Waals surface area contributed by atoms with Crippen molar-refractivity contribution in [3.8, 4) is 5.75 Å². The first-order chi connectivity index (χ1) is 10.2. The summed E-state index contributed by atoms with van der Waals surface area (Å²) in [4.78, 5) is 11.9. The highest BCUT2D eigenvalue weighted by Crippen LogP contribution is 2.27. The highest BCUT2D eigenvalue weighted by Gasteiger charge is 2.12. The maximum atomic E-state index is 11.9. The summed E-state index contributed by atoms with van der Waals surface area (Å²) in [6.07, 6.45) is 0.898. The second-order valence-electron chi connectivity index (χ2n) is 5.16. The lowest BCUT2D eigenvalue weighted by molar-refractivity contribution is 0.251. The number of amides is 2. The van der Waals surface area contributed by atoms with Gasteiger partial charge in [-0.15, -0.1) is 0 Å². The largest absolute Gasteiger partial charge is 0.493 e. The smallest absolute Gasteiger partial charge is 0.319 e. The lowest BCUT2D eigenvalue weighted by Crippen LogP contribution is -2.28. The highest BCUT2D eigenvalue weighted by atomic mass is 16.5. The zero-order chi connectivity index (χ0) is 14.7. The molecule has 0 saturated heterocycles. The molecule has 1 aliphatic rings. The van der Waals surface area contributed by atoms with Crippen molar-refractivity contribution < 1.29 is 9.53 Å². The van der Waals surface area contributed by atoms with E-state index in [-0.39, 0.29) is 6.03 Å². The van der Waals surface area contributed by atoms with Crippen LogP contribution in [0.5, 0.6) is 5.75 Å². The number of urea groups is 1. The van der Waals surface area contributed by atoms with E-state index in [0.717, 1.165) is 35.6 Å². The minimum absolute atomic E-state index is 0.197. The summed E-state index contributed by atoms with van der Waals surface area (Å²) >= 11 is 0. The van der Waals surface area contributed by atoms with Crippen LogP contribution in [0.15, 0.2) is 42.5 Å². The number of hydrogen-bond acceptors (Lipinski definition) is 2. The number of hydrogen-bond donors (Lipinski definition) is 2. The Morgan fingerprint density at radius 3 is 2.95 bits per heavy atom. The molecule has 2 N–H and O–H groups in total. The minimum atomic E-state index is -0.197. The number of benzene rings is 2. The van der Waals surface area contributed by atoms with E-state index >= 15 is 0 Å². The monoisotopic (exact) mass is 282 g/mol. The lowest BCUT2D eigenvalue weighted by atomic mass is 10.1. The Kier molecular flexibility index (Phi) is 3.77. The van der Waals surface area contributed by atoms with Gasteiger partial charge in [-0.3, -0.25) is 0 Å². The molecule has 108 valence electrons. The highest BCUT2D eigenvalue weighted by molar-refractivity contribution is 5.89. The Hall–Kier alpha value is -2.49.